The molecule has 0 N–H and O–H groups in total. The lowest BCUT2D eigenvalue weighted by molar-refractivity contribution is 0.611. The molecule has 0 aliphatic rings. The Morgan fingerprint density at radius 3 is 2.27 bits per heavy atom. The maximum atomic E-state index is 12.0. The molecule has 0 fully saturated rings. The summed E-state index contributed by atoms with van der Waals surface area (Å²) in [4.78, 5) is 0.300. The largest absolute Gasteiger partial charge is 0.347 e. The fourth-order valence-electron chi connectivity index (χ4n) is 0.962. The van der Waals surface area contributed by atoms with Crippen LogP contribution in [0.4, 0.5) is 0 Å². The molecule has 0 unspecified atom stereocenters. The normalized spacial score (nSPS) is 15.7. The molecule has 0 saturated heterocycles. The first kappa shape index (κ1) is 13.0. The van der Waals surface area contributed by atoms with E-state index in [9.17, 15) is 12.6 Å². The van der Waals surface area contributed by atoms with E-state index in [1.165, 1.54) is 12.3 Å². The Morgan fingerprint density at radius 2 is 1.80 bits per heavy atom. The average molecular weight is 333 g/mol. The van der Waals surface area contributed by atoms with Crippen molar-refractivity contribution in [1.82, 2.24) is 0 Å². The van der Waals surface area contributed by atoms with Gasteiger partial charge in [0.25, 0.3) is 0 Å². The summed E-state index contributed by atoms with van der Waals surface area (Å²) in [6.45, 7) is 0. The summed E-state index contributed by atoms with van der Waals surface area (Å²) >= 11 is 3.16. The van der Waals surface area contributed by atoms with Gasteiger partial charge in [0.05, 0.1) is 14.6 Å². The monoisotopic (exact) mass is 331 g/mol. The summed E-state index contributed by atoms with van der Waals surface area (Å²) in [6, 6.07) is 6.53. The SMILES string of the molecule is C[S@](=O)(=NS(=O)(=O)Cl)c1ccccc1Br. The Hall–Kier alpha value is -0.110. The molecule has 1 rings (SSSR count). The lowest BCUT2D eigenvalue weighted by Crippen LogP contribution is -2.01. The van der Waals surface area contributed by atoms with Crippen molar-refractivity contribution in [1.29, 1.82) is 0 Å². The molecule has 0 heterocycles. The predicted molar refractivity (Wildman–Crippen MR) is 63.7 cm³/mol. The lowest BCUT2D eigenvalue weighted by Gasteiger charge is -2.04. The van der Waals surface area contributed by atoms with Gasteiger partial charge in [0.1, 0.15) is 0 Å². The average Bonchev–Trinajstić information content (AvgIpc) is 1.99. The van der Waals surface area contributed by atoms with Crippen molar-refractivity contribution < 1.29 is 12.6 Å². The van der Waals surface area contributed by atoms with E-state index in [-0.39, 0.29) is 0 Å². The molecule has 0 radical (unpaired) electrons. The second-order valence-corrected chi connectivity index (χ2v) is 8.21. The van der Waals surface area contributed by atoms with Crippen molar-refractivity contribution in [3.63, 3.8) is 0 Å². The molecule has 0 aliphatic carbocycles. The molecule has 0 aromatic heterocycles. The smallest absolute Gasteiger partial charge is 0.244 e. The van der Waals surface area contributed by atoms with E-state index in [2.05, 4.69) is 19.7 Å². The maximum absolute atomic E-state index is 12.0. The van der Waals surface area contributed by atoms with E-state index in [1.54, 1.807) is 18.2 Å². The second kappa shape index (κ2) is 4.40. The summed E-state index contributed by atoms with van der Waals surface area (Å²) < 4.78 is 37.1. The number of hydrogen-bond donors (Lipinski definition) is 0. The summed E-state index contributed by atoms with van der Waals surface area (Å²) in [5, 5.41) is 0. The van der Waals surface area contributed by atoms with Gasteiger partial charge in [0.15, 0.2) is 0 Å². The third-order valence-electron chi connectivity index (χ3n) is 1.48. The van der Waals surface area contributed by atoms with Crippen LogP contribution in [0.25, 0.3) is 0 Å². The Morgan fingerprint density at radius 1 is 1.27 bits per heavy atom. The highest BCUT2D eigenvalue weighted by Gasteiger charge is 2.14. The molecule has 1 atom stereocenters. The highest BCUT2D eigenvalue weighted by Crippen LogP contribution is 2.23. The van der Waals surface area contributed by atoms with Crippen LogP contribution in [-0.2, 0) is 19.0 Å². The highest BCUT2D eigenvalue weighted by atomic mass is 79.9. The minimum absolute atomic E-state index is 0.300. The molecule has 1 aromatic rings. The van der Waals surface area contributed by atoms with Gasteiger partial charge in [-0.25, -0.2) is 4.21 Å². The van der Waals surface area contributed by atoms with E-state index >= 15 is 0 Å². The lowest BCUT2D eigenvalue weighted by atomic mass is 10.4. The molecular formula is C7H7BrClNO3S2. The van der Waals surface area contributed by atoms with E-state index in [0.717, 1.165) is 0 Å². The number of nitrogens with zero attached hydrogens (tertiary/aromatic N) is 1. The third kappa shape index (κ3) is 3.75. The summed E-state index contributed by atoms with van der Waals surface area (Å²) in [5.41, 5.74) is 0. The Labute approximate surface area is 102 Å². The molecule has 0 spiro atoms. The van der Waals surface area contributed by atoms with E-state index in [4.69, 9.17) is 10.7 Å². The van der Waals surface area contributed by atoms with Gasteiger partial charge in [-0.2, -0.15) is 8.42 Å². The number of rotatable bonds is 2. The first-order chi connectivity index (χ1) is 6.72. The Balaban J connectivity index is 3.50. The minimum atomic E-state index is -4.15. The number of halogens is 2. The van der Waals surface area contributed by atoms with Crippen molar-refractivity contribution in [2.24, 2.45) is 3.77 Å². The van der Waals surface area contributed by atoms with Gasteiger partial charge in [-0.1, -0.05) is 15.9 Å². The van der Waals surface area contributed by atoms with Gasteiger partial charge in [0, 0.05) is 21.4 Å². The minimum Gasteiger partial charge on any atom is -0.244 e. The predicted octanol–water partition coefficient (Wildman–Crippen LogP) is 2.39. The Kier molecular flexibility index (Phi) is 3.80. The van der Waals surface area contributed by atoms with Crippen molar-refractivity contribution in [2.75, 3.05) is 6.26 Å². The van der Waals surface area contributed by atoms with Crippen LogP contribution in [0.5, 0.6) is 0 Å². The zero-order chi connectivity index (χ0) is 11.7. The maximum Gasteiger partial charge on any atom is 0.347 e. The Bertz CT molecular complexity index is 590. The van der Waals surface area contributed by atoms with Crippen LogP contribution in [0.2, 0.25) is 0 Å². The molecule has 15 heavy (non-hydrogen) atoms. The van der Waals surface area contributed by atoms with Gasteiger partial charge < -0.3 is 0 Å². The first-order valence-electron chi connectivity index (χ1n) is 3.65. The second-order valence-electron chi connectivity index (χ2n) is 2.72. The van der Waals surface area contributed by atoms with Gasteiger partial charge in [-0.3, -0.25) is 0 Å². The van der Waals surface area contributed by atoms with Crippen LogP contribution in [-0.4, -0.2) is 18.9 Å². The zero-order valence-electron chi connectivity index (χ0n) is 7.55. The van der Waals surface area contributed by atoms with E-state index in [1.807, 2.05) is 0 Å². The summed E-state index contributed by atoms with van der Waals surface area (Å²) in [6.07, 6.45) is 1.22. The van der Waals surface area contributed by atoms with Gasteiger partial charge in [0.2, 0.25) is 0 Å². The van der Waals surface area contributed by atoms with Crippen LogP contribution < -0.4 is 0 Å². The molecule has 0 saturated carbocycles. The van der Waals surface area contributed by atoms with Gasteiger partial charge >= 0.3 is 9.24 Å². The van der Waals surface area contributed by atoms with Gasteiger partial charge in [-0.05, 0) is 28.1 Å². The fourth-order valence-corrected chi connectivity index (χ4v) is 5.56. The number of hydrogen-bond acceptors (Lipinski definition) is 3. The molecular weight excluding hydrogens is 326 g/mol. The van der Waals surface area contributed by atoms with Crippen LogP contribution in [0.15, 0.2) is 37.4 Å². The zero-order valence-corrected chi connectivity index (χ0v) is 11.5. The fraction of sp³-hybridized carbons (Fsp3) is 0.143. The van der Waals surface area contributed by atoms with Gasteiger partial charge in [-0.15, -0.1) is 0 Å². The standard InChI is InChI=1S/C7H7BrClNO3S2/c1-14(11,10-15(9,12)13)7-5-3-2-4-6(7)8/h2-5H,1H3/t14-/m1/s1. The van der Waals surface area contributed by atoms with Crippen molar-refractivity contribution >= 4 is 45.6 Å². The molecule has 0 aliphatic heterocycles. The quantitative estimate of drug-likeness (QED) is 0.781. The molecule has 8 heteroatoms. The molecule has 0 bridgehead atoms. The summed E-state index contributed by atoms with van der Waals surface area (Å²) in [5.74, 6) is 0. The van der Waals surface area contributed by atoms with Crippen LogP contribution in [0.3, 0.4) is 0 Å². The molecule has 84 valence electrons. The van der Waals surface area contributed by atoms with Crippen molar-refractivity contribution in [3.8, 4) is 0 Å². The summed E-state index contributed by atoms with van der Waals surface area (Å²) in [7, 11) is -2.26. The third-order valence-corrected chi connectivity index (χ3v) is 5.96. The highest BCUT2D eigenvalue weighted by molar-refractivity contribution is 9.10. The molecule has 0 amide bonds. The topological polar surface area (TPSA) is 63.6 Å². The van der Waals surface area contributed by atoms with Crippen LogP contribution in [0, 0.1) is 0 Å². The van der Waals surface area contributed by atoms with Crippen molar-refractivity contribution in [2.45, 2.75) is 4.90 Å². The molecule has 4 nitrogen and oxygen atoms in total. The first-order valence-corrected chi connectivity index (χ1v) is 8.63. The van der Waals surface area contributed by atoms with Crippen LogP contribution in [0.1, 0.15) is 0 Å². The number of benzene rings is 1. The van der Waals surface area contributed by atoms with E-state index in [0.29, 0.717) is 9.37 Å². The molecule has 1 aromatic carbocycles. The van der Waals surface area contributed by atoms with Crippen molar-refractivity contribution in [3.05, 3.63) is 28.7 Å². The van der Waals surface area contributed by atoms with Crippen LogP contribution >= 0.6 is 26.6 Å². The van der Waals surface area contributed by atoms with E-state index < -0.39 is 19.0 Å².